The summed E-state index contributed by atoms with van der Waals surface area (Å²) in [6, 6.07) is 0. The molecule has 0 aromatic heterocycles. The molecule has 5 N–H and O–H groups in total. The summed E-state index contributed by atoms with van der Waals surface area (Å²) < 4.78 is 0. The van der Waals surface area contributed by atoms with Crippen molar-refractivity contribution >= 4 is 5.91 Å². The smallest absolute Gasteiger partial charge is 0.220 e. The predicted molar refractivity (Wildman–Crippen MR) is 35.5 cm³/mol. The van der Waals surface area contributed by atoms with Crippen molar-refractivity contribution < 1.29 is 4.79 Å². The number of carbonyl (C=O) groups is 1. The highest BCUT2D eigenvalue weighted by Crippen LogP contribution is 1.74. The number of amides is 1. The largest absolute Gasteiger partial charge is 0.340 e. The zero-order valence-corrected chi connectivity index (χ0v) is 5.55. The van der Waals surface area contributed by atoms with E-state index in [-0.39, 0.29) is 12.5 Å². The fourth-order valence-electron chi connectivity index (χ4n) is 0.368. The molecular weight excluding hydrogens is 118 g/mol. The Kier molecular flexibility index (Phi) is 4.00. The second-order valence-electron chi connectivity index (χ2n) is 1.76. The van der Waals surface area contributed by atoms with E-state index in [9.17, 15) is 4.79 Å². The van der Waals surface area contributed by atoms with Crippen LogP contribution in [-0.2, 0) is 4.79 Å². The average Bonchev–Trinajstić information content (AvgIpc) is 1.87. The molecule has 0 saturated carbocycles. The zero-order chi connectivity index (χ0) is 7.28. The molecule has 0 aliphatic heterocycles. The number of rotatable bonds is 3. The van der Waals surface area contributed by atoms with Gasteiger partial charge in [0.05, 0.1) is 6.17 Å². The quantitative estimate of drug-likeness (QED) is 0.419. The van der Waals surface area contributed by atoms with Crippen molar-refractivity contribution in [2.24, 2.45) is 11.5 Å². The molecule has 4 nitrogen and oxygen atoms in total. The van der Waals surface area contributed by atoms with Gasteiger partial charge in [0.2, 0.25) is 5.91 Å². The van der Waals surface area contributed by atoms with Crippen LogP contribution in [0.1, 0.15) is 13.3 Å². The van der Waals surface area contributed by atoms with E-state index >= 15 is 0 Å². The molecule has 54 valence electrons. The molecule has 0 aliphatic carbocycles. The topological polar surface area (TPSA) is 81.1 Å². The van der Waals surface area contributed by atoms with Crippen LogP contribution in [0.4, 0.5) is 0 Å². The van der Waals surface area contributed by atoms with Crippen LogP contribution in [0.25, 0.3) is 0 Å². The summed E-state index contributed by atoms with van der Waals surface area (Å²) in [6.07, 6.45) is 0.0608. The lowest BCUT2D eigenvalue weighted by Gasteiger charge is -2.08. The van der Waals surface area contributed by atoms with Crippen LogP contribution in [0.15, 0.2) is 0 Å². The Labute approximate surface area is 54.6 Å². The molecular formula is C5H13N3O. The van der Waals surface area contributed by atoms with Crippen molar-refractivity contribution in [3.63, 3.8) is 0 Å². The maximum Gasteiger partial charge on any atom is 0.220 e. The first kappa shape index (κ1) is 8.39. The lowest BCUT2D eigenvalue weighted by atomic mass is 10.4. The van der Waals surface area contributed by atoms with Gasteiger partial charge in [0, 0.05) is 13.0 Å². The highest BCUT2D eigenvalue weighted by molar-refractivity contribution is 5.75. The minimum atomic E-state index is -0.391. The fourth-order valence-corrected chi connectivity index (χ4v) is 0.368. The Hall–Kier alpha value is -0.610. The minimum Gasteiger partial charge on any atom is -0.340 e. The predicted octanol–water partition coefficient (Wildman–Crippen LogP) is -1.24. The Morgan fingerprint density at radius 3 is 2.67 bits per heavy atom. The molecule has 0 bridgehead atoms. The summed E-state index contributed by atoms with van der Waals surface area (Å²) in [5.41, 5.74) is 10.4. The van der Waals surface area contributed by atoms with Gasteiger partial charge in [-0.2, -0.15) is 0 Å². The van der Waals surface area contributed by atoms with Gasteiger partial charge in [-0.3, -0.25) is 4.79 Å². The molecule has 0 aromatic rings. The average molecular weight is 131 g/mol. The van der Waals surface area contributed by atoms with E-state index in [1.54, 1.807) is 6.92 Å². The van der Waals surface area contributed by atoms with Crippen LogP contribution in [0.5, 0.6) is 0 Å². The van der Waals surface area contributed by atoms with E-state index < -0.39 is 6.17 Å². The number of hydrogen-bond acceptors (Lipinski definition) is 3. The van der Waals surface area contributed by atoms with Crippen molar-refractivity contribution in [3.05, 3.63) is 0 Å². The van der Waals surface area contributed by atoms with Gasteiger partial charge in [-0.1, -0.05) is 6.92 Å². The highest BCUT2D eigenvalue weighted by atomic mass is 16.1. The van der Waals surface area contributed by atoms with E-state index in [1.807, 2.05) is 0 Å². The Bertz CT molecular complexity index is 94.2. The van der Waals surface area contributed by atoms with Crippen molar-refractivity contribution in [2.75, 3.05) is 6.54 Å². The van der Waals surface area contributed by atoms with Crippen molar-refractivity contribution in [1.29, 1.82) is 0 Å². The van der Waals surface area contributed by atoms with Gasteiger partial charge in [0.15, 0.2) is 0 Å². The molecule has 1 amide bonds. The molecule has 0 heterocycles. The first-order valence-corrected chi connectivity index (χ1v) is 2.95. The van der Waals surface area contributed by atoms with Gasteiger partial charge in [0.1, 0.15) is 0 Å². The second kappa shape index (κ2) is 4.29. The van der Waals surface area contributed by atoms with Crippen LogP contribution in [0, 0.1) is 0 Å². The Morgan fingerprint density at radius 1 is 1.78 bits per heavy atom. The van der Waals surface area contributed by atoms with Crippen LogP contribution in [0.2, 0.25) is 0 Å². The van der Waals surface area contributed by atoms with Crippen molar-refractivity contribution in [1.82, 2.24) is 5.32 Å². The summed E-state index contributed by atoms with van der Waals surface area (Å²) in [7, 11) is 0. The highest BCUT2D eigenvalue weighted by Gasteiger charge is 2.00. The van der Waals surface area contributed by atoms with Gasteiger partial charge < -0.3 is 16.8 Å². The van der Waals surface area contributed by atoms with Gasteiger partial charge in [-0.05, 0) is 0 Å². The van der Waals surface area contributed by atoms with Gasteiger partial charge in [-0.15, -0.1) is 0 Å². The molecule has 0 saturated heterocycles. The second-order valence-corrected chi connectivity index (χ2v) is 1.76. The van der Waals surface area contributed by atoms with Crippen LogP contribution < -0.4 is 16.8 Å². The van der Waals surface area contributed by atoms with E-state index in [4.69, 9.17) is 11.5 Å². The van der Waals surface area contributed by atoms with Crippen LogP contribution in [0.3, 0.4) is 0 Å². The minimum absolute atomic E-state index is 0.0621. The summed E-state index contributed by atoms with van der Waals surface area (Å²) in [5.74, 6) is -0.0621. The molecule has 0 aromatic carbocycles. The number of hydrogen-bond donors (Lipinski definition) is 3. The third kappa shape index (κ3) is 3.93. The molecule has 0 spiro atoms. The zero-order valence-electron chi connectivity index (χ0n) is 5.55. The maximum atomic E-state index is 10.5. The summed E-state index contributed by atoms with van der Waals surface area (Å²) in [6.45, 7) is 2.05. The number of nitrogens with two attached hydrogens (primary N) is 2. The molecule has 0 aliphatic rings. The first-order valence-electron chi connectivity index (χ1n) is 2.95. The van der Waals surface area contributed by atoms with Gasteiger partial charge >= 0.3 is 0 Å². The standard InChI is InChI=1S/C5H13N3O/c1-2-5(9)8-4(7)3-6/h4H,2-3,6-7H2,1H3,(H,8,9). The first-order chi connectivity index (χ1) is 4.20. The molecule has 9 heavy (non-hydrogen) atoms. The molecule has 0 radical (unpaired) electrons. The molecule has 0 rings (SSSR count). The van der Waals surface area contributed by atoms with Crippen LogP contribution >= 0.6 is 0 Å². The van der Waals surface area contributed by atoms with Crippen molar-refractivity contribution in [2.45, 2.75) is 19.5 Å². The van der Waals surface area contributed by atoms with Crippen molar-refractivity contribution in [3.8, 4) is 0 Å². The van der Waals surface area contributed by atoms with Crippen LogP contribution in [-0.4, -0.2) is 18.6 Å². The monoisotopic (exact) mass is 131 g/mol. The summed E-state index contributed by atoms with van der Waals surface area (Å²) in [5, 5.41) is 2.49. The molecule has 1 atom stereocenters. The third-order valence-electron chi connectivity index (χ3n) is 0.921. The molecule has 4 heteroatoms. The Balaban J connectivity index is 3.34. The van der Waals surface area contributed by atoms with Gasteiger partial charge in [0.25, 0.3) is 0 Å². The Morgan fingerprint density at radius 2 is 2.33 bits per heavy atom. The summed E-state index contributed by atoms with van der Waals surface area (Å²) >= 11 is 0. The molecule has 0 fully saturated rings. The van der Waals surface area contributed by atoms with E-state index in [0.717, 1.165) is 0 Å². The lowest BCUT2D eigenvalue weighted by molar-refractivity contribution is -0.121. The lowest BCUT2D eigenvalue weighted by Crippen LogP contribution is -2.46. The number of carbonyl (C=O) groups excluding carboxylic acids is 1. The summed E-state index contributed by atoms with van der Waals surface area (Å²) in [4.78, 5) is 10.5. The third-order valence-corrected chi connectivity index (χ3v) is 0.921. The van der Waals surface area contributed by atoms with E-state index in [2.05, 4.69) is 5.32 Å². The van der Waals surface area contributed by atoms with Gasteiger partial charge in [-0.25, -0.2) is 0 Å². The normalized spacial score (nSPS) is 12.8. The van der Waals surface area contributed by atoms with E-state index in [1.165, 1.54) is 0 Å². The number of nitrogens with one attached hydrogen (secondary N) is 1. The fraction of sp³-hybridized carbons (Fsp3) is 0.800. The maximum absolute atomic E-state index is 10.5. The van der Waals surface area contributed by atoms with E-state index in [0.29, 0.717) is 6.42 Å². The SMILES string of the molecule is CCC(=O)NC(N)CN. The molecule has 1 unspecified atom stereocenters.